The summed E-state index contributed by atoms with van der Waals surface area (Å²) >= 11 is 0. The van der Waals surface area contributed by atoms with Gasteiger partial charge in [-0.3, -0.25) is 9.69 Å². The van der Waals surface area contributed by atoms with Crippen LogP contribution in [0.2, 0.25) is 0 Å². The summed E-state index contributed by atoms with van der Waals surface area (Å²) in [5, 5.41) is 8.73. The summed E-state index contributed by atoms with van der Waals surface area (Å²) in [6.07, 6.45) is 3.63. The Labute approximate surface area is 196 Å². The van der Waals surface area contributed by atoms with Crippen molar-refractivity contribution in [2.75, 3.05) is 26.7 Å². The van der Waals surface area contributed by atoms with Crippen LogP contribution in [-0.4, -0.2) is 49.6 Å². The Morgan fingerprint density at radius 3 is 2.21 bits per heavy atom. The number of likely N-dealkylation sites (tertiary alicyclic amines) is 1. The van der Waals surface area contributed by atoms with Crippen molar-refractivity contribution in [2.45, 2.75) is 51.7 Å². The van der Waals surface area contributed by atoms with Crippen molar-refractivity contribution < 1.29 is 14.3 Å². The number of ether oxygens (including phenoxy) is 1. The van der Waals surface area contributed by atoms with Crippen LogP contribution in [0.1, 0.15) is 60.6 Å². The molecule has 0 unspecified atom stereocenters. The molecule has 1 aliphatic rings. The van der Waals surface area contributed by atoms with Gasteiger partial charge in [0.25, 0.3) is 5.91 Å². The first kappa shape index (κ1) is 24.6. The average molecular weight is 453 g/mol. The zero-order chi connectivity index (χ0) is 23.6. The van der Waals surface area contributed by atoms with Gasteiger partial charge in [0.1, 0.15) is 5.75 Å². The third kappa shape index (κ3) is 7.49. The minimum absolute atomic E-state index is 0.0859. The highest BCUT2D eigenvalue weighted by molar-refractivity contribution is 5.94. The fourth-order valence-electron chi connectivity index (χ4n) is 4.07. The van der Waals surface area contributed by atoms with Gasteiger partial charge in [0, 0.05) is 24.7 Å². The molecule has 0 radical (unpaired) electrons. The number of hydrogen-bond acceptors (Lipinski definition) is 4. The summed E-state index contributed by atoms with van der Waals surface area (Å²) in [4.78, 5) is 27.0. The third-order valence-corrected chi connectivity index (χ3v) is 5.88. The maximum atomic E-state index is 12.8. The topological polar surface area (TPSA) is 82.7 Å². The molecule has 0 bridgehead atoms. The van der Waals surface area contributed by atoms with Gasteiger partial charge in [-0.05, 0) is 75.2 Å². The van der Waals surface area contributed by atoms with Crippen molar-refractivity contribution in [3.05, 3.63) is 65.2 Å². The number of carbonyl (C=O) groups excluding carboxylic acids is 2. The Morgan fingerprint density at radius 1 is 0.939 bits per heavy atom. The molecule has 0 spiro atoms. The zero-order valence-electron chi connectivity index (χ0n) is 19.9. The fourth-order valence-corrected chi connectivity index (χ4v) is 4.07. The van der Waals surface area contributed by atoms with Gasteiger partial charge in [-0.25, -0.2) is 4.79 Å². The fraction of sp³-hybridized carbons (Fsp3) is 0.462. The second-order valence-electron chi connectivity index (χ2n) is 8.77. The van der Waals surface area contributed by atoms with Gasteiger partial charge in [0.05, 0.1) is 13.2 Å². The van der Waals surface area contributed by atoms with E-state index in [0.29, 0.717) is 18.7 Å². The van der Waals surface area contributed by atoms with Gasteiger partial charge in [-0.15, -0.1) is 0 Å². The van der Waals surface area contributed by atoms with E-state index in [1.54, 1.807) is 19.2 Å². The molecule has 2 aromatic carbocycles. The first-order valence-electron chi connectivity index (χ1n) is 11.8. The number of hydrogen-bond donors (Lipinski definition) is 3. The van der Waals surface area contributed by atoms with Crippen LogP contribution >= 0.6 is 0 Å². The highest BCUT2D eigenvalue weighted by Gasteiger charge is 2.23. The smallest absolute Gasteiger partial charge is 0.315 e. The molecule has 1 heterocycles. The predicted octanol–water partition coefficient (Wildman–Crippen LogP) is 3.86. The van der Waals surface area contributed by atoms with E-state index >= 15 is 0 Å². The number of benzene rings is 2. The van der Waals surface area contributed by atoms with Crippen LogP contribution in [0, 0.1) is 0 Å². The molecule has 3 N–H and O–H groups in total. The Morgan fingerprint density at radius 2 is 1.61 bits per heavy atom. The molecular weight excluding hydrogens is 416 g/mol. The average Bonchev–Trinajstić information content (AvgIpc) is 2.83. The number of rotatable bonds is 9. The van der Waals surface area contributed by atoms with Gasteiger partial charge < -0.3 is 20.7 Å². The molecule has 1 saturated heterocycles. The largest absolute Gasteiger partial charge is 0.497 e. The zero-order valence-corrected chi connectivity index (χ0v) is 19.9. The third-order valence-electron chi connectivity index (χ3n) is 5.88. The van der Waals surface area contributed by atoms with Crippen molar-refractivity contribution in [1.82, 2.24) is 20.9 Å². The van der Waals surface area contributed by atoms with Gasteiger partial charge in [-0.2, -0.15) is 0 Å². The van der Waals surface area contributed by atoms with Gasteiger partial charge in [-0.1, -0.05) is 30.7 Å². The Kier molecular flexibility index (Phi) is 9.13. The van der Waals surface area contributed by atoms with Gasteiger partial charge >= 0.3 is 6.03 Å². The molecule has 0 aromatic heterocycles. The lowest BCUT2D eigenvalue weighted by molar-refractivity contribution is 0.0924. The van der Waals surface area contributed by atoms with E-state index in [1.807, 2.05) is 38.1 Å². The van der Waals surface area contributed by atoms with Crippen molar-refractivity contribution >= 4 is 11.9 Å². The number of nitrogens with one attached hydrogen (secondary N) is 3. The van der Waals surface area contributed by atoms with E-state index in [0.717, 1.165) is 24.4 Å². The molecule has 2 aromatic rings. The summed E-state index contributed by atoms with van der Waals surface area (Å²) in [5.41, 5.74) is 2.73. The minimum Gasteiger partial charge on any atom is -0.497 e. The maximum Gasteiger partial charge on any atom is 0.315 e. The second-order valence-corrected chi connectivity index (χ2v) is 8.77. The number of urea groups is 1. The van der Waals surface area contributed by atoms with Crippen LogP contribution < -0.4 is 20.7 Å². The summed E-state index contributed by atoms with van der Waals surface area (Å²) < 4.78 is 5.30. The summed E-state index contributed by atoms with van der Waals surface area (Å²) in [7, 11) is 1.67. The first-order valence-corrected chi connectivity index (χ1v) is 11.8. The number of nitrogens with zero attached hydrogens (tertiary/aromatic N) is 1. The van der Waals surface area contributed by atoms with E-state index < -0.39 is 0 Å². The molecule has 178 valence electrons. The summed E-state index contributed by atoms with van der Waals surface area (Å²) in [6.45, 7) is 6.87. The molecule has 0 aliphatic carbocycles. The molecule has 0 saturated carbocycles. The molecule has 1 atom stereocenters. The number of amides is 3. The second kappa shape index (κ2) is 12.3. The molecule has 1 fully saturated rings. The molecule has 7 nitrogen and oxygen atoms in total. The van der Waals surface area contributed by atoms with E-state index in [-0.39, 0.29) is 24.0 Å². The van der Waals surface area contributed by atoms with E-state index in [9.17, 15) is 9.59 Å². The summed E-state index contributed by atoms with van der Waals surface area (Å²) in [5.74, 6) is 0.735. The lowest BCUT2D eigenvalue weighted by Crippen LogP contribution is -2.40. The van der Waals surface area contributed by atoms with E-state index in [2.05, 4.69) is 33.0 Å². The first-order chi connectivity index (χ1) is 16.0. The molecule has 33 heavy (non-hydrogen) atoms. The van der Waals surface area contributed by atoms with E-state index in [4.69, 9.17) is 4.74 Å². The number of methoxy groups -OCH3 is 1. The van der Waals surface area contributed by atoms with Gasteiger partial charge in [0.2, 0.25) is 0 Å². The monoisotopic (exact) mass is 452 g/mol. The molecular formula is C26H36N4O3. The van der Waals surface area contributed by atoms with E-state index in [1.165, 1.54) is 24.8 Å². The van der Waals surface area contributed by atoms with Crippen molar-refractivity contribution in [1.29, 1.82) is 0 Å². The lowest BCUT2D eigenvalue weighted by atomic mass is 10.0. The molecule has 3 rings (SSSR count). The maximum absolute atomic E-state index is 12.8. The van der Waals surface area contributed by atoms with Crippen molar-refractivity contribution in [3.8, 4) is 5.75 Å². The van der Waals surface area contributed by atoms with Crippen LogP contribution in [0.15, 0.2) is 48.5 Å². The standard InChI is InChI=1S/C26H36N4O3/c1-19(2)29-26(32)28-17-20-7-9-22(10-8-20)25(31)27-18-24(30-15-5-4-6-16-30)21-11-13-23(33-3)14-12-21/h7-14,19,24H,4-6,15-18H2,1-3H3,(H,27,31)(H2,28,29,32)/t24-/m1/s1. The van der Waals surface area contributed by atoms with Gasteiger partial charge in [0.15, 0.2) is 0 Å². The Bertz CT molecular complexity index is 891. The minimum atomic E-state index is -0.200. The molecule has 1 aliphatic heterocycles. The molecule has 7 heteroatoms. The Balaban J connectivity index is 1.59. The quantitative estimate of drug-likeness (QED) is 0.540. The lowest BCUT2D eigenvalue weighted by Gasteiger charge is -2.35. The highest BCUT2D eigenvalue weighted by atomic mass is 16.5. The predicted molar refractivity (Wildman–Crippen MR) is 130 cm³/mol. The normalized spacial score (nSPS) is 15.0. The van der Waals surface area contributed by atoms with Crippen molar-refractivity contribution in [3.63, 3.8) is 0 Å². The number of carbonyl (C=O) groups is 2. The van der Waals surface area contributed by atoms with Crippen LogP contribution in [0.25, 0.3) is 0 Å². The highest BCUT2D eigenvalue weighted by Crippen LogP contribution is 2.26. The summed E-state index contributed by atoms with van der Waals surface area (Å²) in [6, 6.07) is 15.5. The van der Waals surface area contributed by atoms with Crippen molar-refractivity contribution in [2.24, 2.45) is 0 Å². The van der Waals surface area contributed by atoms with Crippen LogP contribution in [0.3, 0.4) is 0 Å². The molecule has 3 amide bonds. The number of piperidine rings is 1. The van der Waals surface area contributed by atoms with Crippen LogP contribution in [0.5, 0.6) is 5.75 Å². The van der Waals surface area contributed by atoms with Crippen LogP contribution in [0.4, 0.5) is 4.79 Å². The SMILES string of the molecule is COc1ccc([C@@H](CNC(=O)c2ccc(CNC(=O)NC(C)C)cc2)N2CCCCC2)cc1. The van der Waals surface area contributed by atoms with Crippen LogP contribution in [-0.2, 0) is 6.54 Å². The Hall–Kier alpha value is -3.06.